The van der Waals surface area contributed by atoms with Gasteiger partial charge in [-0.3, -0.25) is 19.7 Å². The lowest BCUT2D eigenvalue weighted by molar-refractivity contribution is -0.384. The number of nitrogens with zero attached hydrogens (tertiary/aromatic N) is 4. The fourth-order valence-electron chi connectivity index (χ4n) is 3.51. The number of nitro groups is 1. The van der Waals surface area contributed by atoms with Gasteiger partial charge in [-0.15, -0.1) is 0 Å². The van der Waals surface area contributed by atoms with Gasteiger partial charge in [0, 0.05) is 23.3 Å². The number of aryl methyl sites for hydroxylation is 1. The molecular formula is C21H18N4O4. The summed E-state index contributed by atoms with van der Waals surface area (Å²) in [5, 5.41) is 11.4. The standard InChI is InChI=1S/C21H18N4O4/c1-3-29-21(26)20-18-12-22-19(14-7-5-4-6-8-14)16-11-15(25(27)28)9-10-17(16)24(18)13(2)23-20/h4-11H,3,12H2,1-2H3. The minimum atomic E-state index is -0.508. The molecule has 0 atom stereocenters. The van der Waals surface area contributed by atoms with Gasteiger partial charge in [0.15, 0.2) is 5.69 Å². The van der Waals surface area contributed by atoms with Crippen molar-refractivity contribution in [3.8, 4) is 5.69 Å². The maximum absolute atomic E-state index is 12.4. The van der Waals surface area contributed by atoms with E-state index in [1.807, 2.05) is 34.9 Å². The molecule has 1 aliphatic rings. The molecule has 0 N–H and O–H groups in total. The molecule has 0 bridgehead atoms. The van der Waals surface area contributed by atoms with Gasteiger partial charge in [-0.2, -0.15) is 0 Å². The van der Waals surface area contributed by atoms with Gasteiger partial charge in [0.1, 0.15) is 5.82 Å². The Hall–Kier alpha value is -3.81. The van der Waals surface area contributed by atoms with Crippen LogP contribution in [0.4, 0.5) is 5.69 Å². The maximum Gasteiger partial charge on any atom is 0.358 e. The van der Waals surface area contributed by atoms with Gasteiger partial charge < -0.3 is 4.74 Å². The van der Waals surface area contributed by atoms with Crippen LogP contribution < -0.4 is 0 Å². The Labute approximate surface area is 166 Å². The molecule has 0 spiro atoms. The van der Waals surface area contributed by atoms with Crippen molar-refractivity contribution >= 4 is 17.4 Å². The van der Waals surface area contributed by atoms with Crippen molar-refractivity contribution in [1.82, 2.24) is 9.55 Å². The highest BCUT2D eigenvalue weighted by molar-refractivity contribution is 6.15. The number of esters is 1. The zero-order chi connectivity index (χ0) is 20.5. The third-order valence-electron chi connectivity index (χ3n) is 4.73. The Kier molecular flexibility index (Phi) is 4.67. The third-order valence-corrected chi connectivity index (χ3v) is 4.73. The summed E-state index contributed by atoms with van der Waals surface area (Å²) in [6.45, 7) is 3.96. The molecule has 2 heterocycles. The summed E-state index contributed by atoms with van der Waals surface area (Å²) in [5.41, 5.74) is 3.55. The Morgan fingerprint density at radius 1 is 1.24 bits per heavy atom. The molecule has 8 heteroatoms. The summed E-state index contributed by atoms with van der Waals surface area (Å²) in [4.78, 5) is 32.5. The maximum atomic E-state index is 12.4. The van der Waals surface area contributed by atoms with Gasteiger partial charge in [-0.1, -0.05) is 30.3 Å². The number of benzene rings is 2. The van der Waals surface area contributed by atoms with Crippen molar-refractivity contribution in [3.05, 3.63) is 87.0 Å². The Morgan fingerprint density at radius 3 is 2.69 bits per heavy atom. The molecule has 1 aromatic heterocycles. The number of aromatic nitrogens is 2. The second-order valence-electron chi connectivity index (χ2n) is 6.50. The molecule has 0 aliphatic carbocycles. The number of hydrogen-bond donors (Lipinski definition) is 0. The SMILES string of the molecule is CCOC(=O)c1nc(C)n2c1CN=C(c1ccccc1)c1cc([N+](=O)[O-])ccc1-2. The predicted octanol–water partition coefficient (Wildman–Crippen LogP) is 3.62. The van der Waals surface area contributed by atoms with Crippen LogP contribution in [-0.4, -0.2) is 32.8 Å². The van der Waals surface area contributed by atoms with Crippen LogP contribution in [0.3, 0.4) is 0 Å². The first-order valence-corrected chi connectivity index (χ1v) is 9.15. The van der Waals surface area contributed by atoms with Gasteiger partial charge in [0.2, 0.25) is 0 Å². The third kappa shape index (κ3) is 3.18. The van der Waals surface area contributed by atoms with Crippen molar-refractivity contribution in [2.75, 3.05) is 6.61 Å². The van der Waals surface area contributed by atoms with Crippen molar-refractivity contribution in [3.63, 3.8) is 0 Å². The van der Waals surface area contributed by atoms with E-state index in [1.165, 1.54) is 12.1 Å². The molecule has 3 aromatic rings. The first kappa shape index (κ1) is 18.5. The molecule has 4 rings (SSSR count). The smallest absolute Gasteiger partial charge is 0.358 e. The lowest BCUT2D eigenvalue weighted by atomic mass is 10.00. The molecule has 0 fully saturated rings. The van der Waals surface area contributed by atoms with Crippen LogP contribution in [0.1, 0.15) is 40.1 Å². The fraction of sp³-hybridized carbons (Fsp3) is 0.190. The quantitative estimate of drug-likeness (QED) is 0.385. The molecule has 1 aliphatic heterocycles. The number of ether oxygens (including phenoxy) is 1. The van der Waals surface area contributed by atoms with Crippen LogP contribution in [0.5, 0.6) is 0 Å². The van der Waals surface area contributed by atoms with Crippen molar-refractivity contribution in [1.29, 1.82) is 0 Å². The summed E-state index contributed by atoms with van der Waals surface area (Å²) in [7, 11) is 0. The number of aliphatic imine (C=N–C) groups is 1. The molecule has 0 radical (unpaired) electrons. The second kappa shape index (κ2) is 7.31. The first-order valence-electron chi connectivity index (χ1n) is 9.15. The van der Waals surface area contributed by atoms with E-state index in [0.29, 0.717) is 28.5 Å². The number of hydrogen-bond acceptors (Lipinski definition) is 6. The number of imidazole rings is 1. The van der Waals surface area contributed by atoms with Gasteiger partial charge in [-0.05, 0) is 19.9 Å². The molecule has 146 valence electrons. The minimum absolute atomic E-state index is 0.0285. The van der Waals surface area contributed by atoms with Crippen LogP contribution in [0.15, 0.2) is 53.5 Å². The Morgan fingerprint density at radius 2 is 2.00 bits per heavy atom. The van der Waals surface area contributed by atoms with E-state index in [0.717, 1.165) is 5.56 Å². The summed E-state index contributed by atoms with van der Waals surface area (Å²) < 4.78 is 6.97. The predicted molar refractivity (Wildman–Crippen MR) is 107 cm³/mol. The highest BCUT2D eigenvalue weighted by atomic mass is 16.6. The number of fused-ring (bicyclic) bond motifs is 3. The average molecular weight is 390 g/mol. The lowest BCUT2D eigenvalue weighted by Crippen LogP contribution is -2.10. The van der Waals surface area contributed by atoms with Gasteiger partial charge >= 0.3 is 5.97 Å². The van der Waals surface area contributed by atoms with Gasteiger partial charge in [0.25, 0.3) is 5.69 Å². The molecular weight excluding hydrogens is 372 g/mol. The second-order valence-corrected chi connectivity index (χ2v) is 6.50. The average Bonchev–Trinajstić information content (AvgIpc) is 2.95. The number of rotatable bonds is 4. The molecule has 8 nitrogen and oxygen atoms in total. The van der Waals surface area contributed by atoms with E-state index in [9.17, 15) is 14.9 Å². The number of carbonyl (C=O) groups excluding carboxylic acids is 1. The van der Waals surface area contributed by atoms with Crippen LogP contribution in [-0.2, 0) is 11.3 Å². The normalized spacial score (nSPS) is 12.4. The van der Waals surface area contributed by atoms with Crippen molar-refractivity contribution in [2.24, 2.45) is 4.99 Å². The summed E-state index contributed by atoms with van der Waals surface area (Å²) in [6, 6.07) is 14.1. The summed E-state index contributed by atoms with van der Waals surface area (Å²) in [6.07, 6.45) is 0. The van der Waals surface area contributed by atoms with E-state index in [2.05, 4.69) is 4.98 Å². The highest BCUT2D eigenvalue weighted by Crippen LogP contribution is 2.31. The van der Waals surface area contributed by atoms with Crippen LogP contribution in [0.25, 0.3) is 5.69 Å². The van der Waals surface area contributed by atoms with Crippen molar-refractivity contribution in [2.45, 2.75) is 20.4 Å². The molecule has 0 amide bonds. The monoisotopic (exact) mass is 390 g/mol. The molecule has 2 aromatic carbocycles. The topological polar surface area (TPSA) is 99.6 Å². The zero-order valence-corrected chi connectivity index (χ0v) is 16.0. The lowest BCUT2D eigenvalue weighted by Gasteiger charge is -2.13. The zero-order valence-electron chi connectivity index (χ0n) is 16.0. The van der Waals surface area contributed by atoms with E-state index in [4.69, 9.17) is 9.73 Å². The Bertz CT molecular complexity index is 1150. The van der Waals surface area contributed by atoms with Gasteiger partial charge in [0.05, 0.1) is 35.2 Å². The number of non-ortho nitro benzene ring substituents is 1. The molecule has 0 saturated heterocycles. The van der Waals surface area contributed by atoms with E-state index in [-0.39, 0.29) is 24.5 Å². The van der Waals surface area contributed by atoms with E-state index < -0.39 is 10.9 Å². The van der Waals surface area contributed by atoms with E-state index in [1.54, 1.807) is 19.9 Å². The number of nitro benzene ring substituents is 1. The number of carbonyl (C=O) groups is 1. The van der Waals surface area contributed by atoms with E-state index >= 15 is 0 Å². The van der Waals surface area contributed by atoms with Crippen molar-refractivity contribution < 1.29 is 14.5 Å². The summed E-state index contributed by atoms with van der Waals surface area (Å²) >= 11 is 0. The fourth-order valence-corrected chi connectivity index (χ4v) is 3.51. The Balaban J connectivity index is 1.99. The van der Waals surface area contributed by atoms with Crippen LogP contribution in [0, 0.1) is 17.0 Å². The molecule has 29 heavy (non-hydrogen) atoms. The first-order chi connectivity index (χ1) is 14.0. The minimum Gasteiger partial charge on any atom is -0.461 e. The van der Waals surface area contributed by atoms with Gasteiger partial charge in [-0.25, -0.2) is 9.78 Å². The summed E-state index contributed by atoms with van der Waals surface area (Å²) in [5.74, 6) is 0.0776. The molecule has 0 saturated carbocycles. The van der Waals surface area contributed by atoms with Crippen LogP contribution >= 0.6 is 0 Å². The highest BCUT2D eigenvalue weighted by Gasteiger charge is 2.28. The molecule has 0 unspecified atom stereocenters. The largest absolute Gasteiger partial charge is 0.461 e. The van der Waals surface area contributed by atoms with Crippen LogP contribution in [0.2, 0.25) is 0 Å².